The molecule has 0 bridgehead atoms. The van der Waals surface area contributed by atoms with Gasteiger partial charge < -0.3 is 0 Å². The summed E-state index contributed by atoms with van der Waals surface area (Å²) in [6.45, 7) is 7.39. The lowest BCUT2D eigenvalue weighted by Gasteiger charge is -2.60. The number of hydrogen-bond acceptors (Lipinski definition) is 1. The average molecular weight is 288 g/mol. The Kier molecular flexibility index (Phi) is 3.12. The van der Waals surface area contributed by atoms with Gasteiger partial charge in [0.05, 0.1) is 0 Å². The highest BCUT2D eigenvalue weighted by Crippen LogP contribution is 2.65. The molecule has 0 saturated heterocycles. The molecule has 0 aromatic heterocycles. The molecule has 4 aliphatic rings. The lowest BCUT2D eigenvalue weighted by molar-refractivity contribution is -0.139. The van der Waals surface area contributed by atoms with Crippen molar-refractivity contribution >= 4 is 5.78 Å². The third kappa shape index (κ3) is 1.85. The second-order valence-corrected chi connectivity index (χ2v) is 9.45. The molecule has 0 amide bonds. The van der Waals surface area contributed by atoms with Crippen LogP contribution in [0.25, 0.3) is 0 Å². The van der Waals surface area contributed by atoms with Crippen LogP contribution in [0, 0.1) is 40.4 Å². The van der Waals surface area contributed by atoms with Crippen molar-refractivity contribution in [2.24, 2.45) is 40.4 Å². The number of ketones is 1. The van der Waals surface area contributed by atoms with E-state index in [4.69, 9.17) is 0 Å². The van der Waals surface area contributed by atoms with Crippen molar-refractivity contribution in [3.63, 3.8) is 0 Å². The number of rotatable bonds is 0. The molecular weight excluding hydrogens is 256 g/mol. The fourth-order valence-corrected chi connectivity index (χ4v) is 7.24. The lowest BCUT2D eigenvalue weighted by atomic mass is 9.45. The lowest BCUT2D eigenvalue weighted by Crippen LogP contribution is -2.53. The van der Waals surface area contributed by atoms with Crippen molar-refractivity contribution in [2.75, 3.05) is 0 Å². The molecule has 4 aliphatic carbocycles. The van der Waals surface area contributed by atoms with E-state index >= 15 is 0 Å². The zero-order valence-electron chi connectivity index (χ0n) is 14.2. The van der Waals surface area contributed by atoms with Crippen molar-refractivity contribution in [3.8, 4) is 0 Å². The maximum atomic E-state index is 12.4. The van der Waals surface area contributed by atoms with Gasteiger partial charge in [-0.25, -0.2) is 0 Å². The van der Waals surface area contributed by atoms with Crippen LogP contribution in [0.4, 0.5) is 0 Å². The number of Topliss-reactive ketones (excluding diaryl/α,β-unsaturated/α-hetero) is 1. The molecule has 0 spiro atoms. The van der Waals surface area contributed by atoms with Crippen LogP contribution in [0.3, 0.4) is 0 Å². The van der Waals surface area contributed by atoms with Crippen molar-refractivity contribution in [2.45, 2.75) is 78.6 Å². The van der Waals surface area contributed by atoms with Crippen LogP contribution in [-0.4, -0.2) is 5.78 Å². The van der Waals surface area contributed by atoms with Crippen LogP contribution < -0.4 is 0 Å². The summed E-state index contributed by atoms with van der Waals surface area (Å²) >= 11 is 0. The molecule has 4 fully saturated rings. The van der Waals surface area contributed by atoms with E-state index in [1.54, 1.807) is 0 Å². The van der Waals surface area contributed by atoms with Gasteiger partial charge in [0.15, 0.2) is 0 Å². The van der Waals surface area contributed by atoms with Crippen molar-refractivity contribution < 1.29 is 4.79 Å². The summed E-state index contributed by atoms with van der Waals surface area (Å²) < 4.78 is 0. The highest BCUT2D eigenvalue weighted by atomic mass is 16.1. The summed E-state index contributed by atoms with van der Waals surface area (Å²) in [6, 6.07) is 0. The summed E-state index contributed by atoms with van der Waals surface area (Å²) in [4.78, 5) is 12.4. The Morgan fingerprint density at radius 3 is 2.57 bits per heavy atom. The third-order valence-corrected chi connectivity index (χ3v) is 8.64. The topological polar surface area (TPSA) is 17.1 Å². The van der Waals surface area contributed by atoms with Gasteiger partial charge in [0.1, 0.15) is 5.78 Å². The summed E-state index contributed by atoms with van der Waals surface area (Å²) in [5.74, 6) is 5.03. The SMILES string of the molecule is CC1CC[C@]2(C)C3CC[C@]4(C)C(=O)CCC4C3CC[C@H]2C1. The van der Waals surface area contributed by atoms with E-state index in [-0.39, 0.29) is 5.41 Å². The second-order valence-electron chi connectivity index (χ2n) is 9.45. The molecule has 0 heterocycles. The van der Waals surface area contributed by atoms with E-state index in [0.29, 0.717) is 11.2 Å². The summed E-state index contributed by atoms with van der Waals surface area (Å²) in [7, 11) is 0. The van der Waals surface area contributed by atoms with Gasteiger partial charge in [-0.3, -0.25) is 4.79 Å². The molecule has 1 nitrogen and oxygen atoms in total. The Bertz CT molecular complexity index is 455. The zero-order valence-corrected chi connectivity index (χ0v) is 14.2. The molecule has 0 aromatic rings. The quantitative estimate of drug-likeness (QED) is 0.596. The molecule has 0 radical (unpaired) electrons. The first-order valence-corrected chi connectivity index (χ1v) is 9.48. The molecule has 0 aliphatic heterocycles. The first-order chi connectivity index (χ1) is 9.95. The van der Waals surface area contributed by atoms with Gasteiger partial charge >= 0.3 is 0 Å². The predicted molar refractivity (Wildman–Crippen MR) is 85.9 cm³/mol. The largest absolute Gasteiger partial charge is 0.299 e. The standard InChI is InChI=1S/C20H32O/c1-13-8-10-19(2)14(12-13)4-5-15-16-6-7-18(21)20(16,3)11-9-17(15)19/h13-17H,4-12H2,1-3H3/t13?,14-,15?,16?,17?,19-,20-/m0/s1. The highest BCUT2D eigenvalue weighted by Gasteiger charge is 2.59. The Morgan fingerprint density at radius 1 is 0.952 bits per heavy atom. The van der Waals surface area contributed by atoms with E-state index in [9.17, 15) is 4.79 Å². The number of hydrogen-bond donors (Lipinski definition) is 0. The minimum absolute atomic E-state index is 0.0618. The Hall–Kier alpha value is -0.330. The van der Waals surface area contributed by atoms with E-state index in [1.807, 2.05) is 0 Å². The van der Waals surface area contributed by atoms with Gasteiger partial charge in [-0.05, 0) is 80.0 Å². The van der Waals surface area contributed by atoms with Crippen LogP contribution in [0.5, 0.6) is 0 Å². The van der Waals surface area contributed by atoms with Crippen LogP contribution in [0.2, 0.25) is 0 Å². The maximum absolute atomic E-state index is 12.4. The predicted octanol–water partition coefficient (Wildman–Crippen LogP) is 5.23. The molecule has 1 heteroatoms. The molecule has 4 unspecified atom stereocenters. The molecule has 0 aromatic carbocycles. The van der Waals surface area contributed by atoms with Gasteiger partial charge in [-0.2, -0.15) is 0 Å². The number of carbonyl (C=O) groups excluding carboxylic acids is 1. The van der Waals surface area contributed by atoms with Crippen molar-refractivity contribution in [3.05, 3.63) is 0 Å². The minimum atomic E-state index is 0.0618. The zero-order chi connectivity index (χ0) is 14.8. The molecule has 118 valence electrons. The summed E-state index contributed by atoms with van der Waals surface area (Å²) in [5.41, 5.74) is 0.661. The van der Waals surface area contributed by atoms with E-state index in [1.165, 1.54) is 51.4 Å². The van der Waals surface area contributed by atoms with E-state index < -0.39 is 0 Å². The maximum Gasteiger partial charge on any atom is 0.139 e. The Morgan fingerprint density at radius 2 is 1.76 bits per heavy atom. The first-order valence-electron chi connectivity index (χ1n) is 9.48. The first kappa shape index (κ1) is 14.3. The van der Waals surface area contributed by atoms with Crippen molar-refractivity contribution in [1.29, 1.82) is 0 Å². The Balaban J connectivity index is 1.64. The molecule has 0 N–H and O–H groups in total. The van der Waals surface area contributed by atoms with Gasteiger partial charge in [0, 0.05) is 11.8 Å². The molecule has 7 atom stereocenters. The summed E-state index contributed by atoms with van der Waals surface area (Å²) in [5, 5.41) is 0. The monoisotopic (exact) mass is 288 g/mol. The Labute approximate surface area is 130 Å². The van der Waals surface area contributed by atoms with Crippen LogP contribution in [-0.2, 0) is 4.79 Å². The van der Waals surface area contributed by atoms with E-state index in [2.05, 4.69) is 20.8 Å². The molecular formula is C20H32O. The van der Waals surface area contributed by atoms with Crippen LogP contribution in [0.15, 0.2) is 0 Å². The minimum Gasteiger partial charge on any atom is -0.299 e. The fraction of sp³-hybridized carbons (Fsp3) is 0.950. The van der Waals surface area contributed by atoms with Crippen molar-refractivity contribution in [1.82, 2.24) is 0 Å². The van der Waals surface area contributed by atoms with E-state index in [0.717, 1.165) is 36.0 Å². The van der Waals surface area contributed by atoms with Crippen LogP contribution >= 0.6 is 0 Å². The molecule has 4 rings (SSSR count). The second kappa shape index (κ2) is 4.59. The normalized spacial score (nSPS) is 56.5. The number of fused-ring (bicyclic) bond motifs is 5. The summed E-state index contributed by atoms with van der Waals surface area (Å²) in [6.07, 6.45) is 11.8. The van der Waals surface area contributed by atoms with Gasteiger partial charge in [0.2, 0.25) is 0 Å². The van der Waals surface area contributed by atoms with Crippen LogP contribution in [0.1, 0.15) is 78.6 Å². The van der Waals surface area contributed by atoms with Gasteiger partial charge in [-0.1, -0.05) is 27.2 Å². The van der Waals surface area contributed by atoms with Gasteiger partial charge in [-0.15, -0.1) is 0 Å². The fourth-order valence-electron chi connectivity index (χ4n) is 7.24. The number of carbonyl (C=O) groups is 1. The third-order valence-electron chi connectivity index (χ3n) is 8.64. The average Bonchev–Trinajstić information content (AvgIpc) is 2.76. The molecule has 21 heavy (non-hydrogen) atoms. The highest BCUT2D eigenvalue weighted by molar-refractivity contribution is 5.87. The smallest absolute Gasteiger partial charge is 0.139 e. The molecule has 4 saturated carbocycles. The van der Waals surface area contributed by atoms with Gasteiger partial charge in [0.25, 0.3) is 0 Å².